The molecule has 3 nitrogen and oxygen atoms in total. The fraction of sp³-hybridized carbons (Fsp3) is 0.500. The lowest BCUT2D eigenvalue weighted by Gasteiger charge is -2.12. The van der Waals surface area contributed by atoms with E-state index in [1.807, 2.05) is 12.1 Å². The van der Waals surface area contributed by atoms with Gasteiger partial charge in [0.15, 0.2) is 0 Å². The summed E-state index contributed by atoms with van der Waals surface area (Å²) in [7, 11) is 2.12. The first-order chi connectivity index (χ1) is 9.04. The van der Waals surface area contributed by atoms with Crippen LogP contribution >= 0.6 is 27.5 Å². The Labute approximate surface area is 127 Å². The molecule has 0 aromatic heterocycles. The van der Waals surface area contributed by atoms with Crippen molar-refractivity contribution >= 4 is 33.4 Å². The monoisotopic (exact) mass is 344 g/mol. The number of halogens is 2. The molecule has 1 aliphatic heterocycles. The molecule has 1 amide bonds. The number of nitrogens with zero attached hydrogens (tertiary/aromatic N) is 1. The molecular formula is C14H18BrClN2O. The van der Waals surface area contributed by atoms with Crippen LogP contribution in [0.2, 0.25) is 5.02 Å². The number of rotatable bonds is 4. The minimum Gasteiger partial charge on any atom is -0.355 e. The second kappa shape index (κ2) is 6.73. The highest BCUT2D eigenvalue weighted by atomic mass is 79.9. The molecule has 0 spiro atoms. The third-order valence-corrected chi connectivity index (χ3v) is 4.44. The average Bonchev–Trinajstić information content (AvgIpc) is 2.77. The van der Waals surface area contributed by atoms with Crippen molar-refractivity contribution < 1.29 is 4.79 Å². The summed E-state index contributed by atoms with van der Waals surface area (Å²) in [6.45, 7) is 2.96. The van der Waals surface area contributed by atoms with E-state index in [0.29, 0.717) is 17.4 Å². The molecule has 0 saturated carbocycles. The minimum atomic E-state index is 0.0533. The second-order valence-corrected chi connectivity index (χ2v) is 6.42. The molecule has 1 aliphatic rings. The first-order valence-electron chi connectivity index (χ1n) is 6.44. The number of carbonyl (C=O) groups excluding carboxylic acids is 1. The van der Waals surface area contributed by atoms with E-state index >= 15 is 0 Å². The van der Waals surface area contributed by atoms with Crippen molar-refractivity contribution in [2.75, 3.05) is 26.7 Å². The number of likely N-dealkylation sites (tertiary alicyclic amines) is 1. The van der Waals surface area contributed by atoms with Crippen molar-refractivity contribution in [3.05, 3.63) is 33.3 Å². The molecule has 1 aromatic carbocycles. The maximum atomic E-state index is 11.9. The number of benzene rings is 1. The average molecular weight is 346 g/mol. The van der Waals surface area contributed by atoms with E-state index in [9.17, 15) is 4.79 Å². The van der Waals surface area contributed by atoms with Crippen LogP contribution in [0.15, 0.2) is 22.7 Å². The highest BCUT2D eigenvalue weighted by Gasteiger charge is 2.19. The van der Waals surface area contributed by atoms with Crippen LogP contribution in [0.25, 0.3) is 0 Å². The summed E-state index contributed by atoms with van der Waals surface area (Å²) in [5.74, 6) is 0.634. The standard InChI is InChI=1S/C14H18BrClN2O/c1-18-5-4-10(9-18)8-17-14(19)7-11-6-12(16)2-3-13(11)15/h2-3,6,10H,4-5,7-9H2,1H3,(H,17,19)/t10-/m0/s1. The molecule has 2 rings (SSSR count). The molecule has 1 heterocycles. The Balaban J connectivity index is 1.82. The van der Waals surface area contributed by atoms with Crippen molar-refractivity contribution in [3.8, 4) is 0 Å². The fourth-order valence-corrected chi connectivity index (χ4v) is 2.95. The van der Waals surface area contributed by atoms with E-state index in [2.05, 4.69) is 33.2 Å². The Hall–Kier alpha value is -0.580. The summed E-state index contributed by atoms with van der Waals surface area (Å²) in [6.07, 6.45) is 1.53. The molecule has 104 valence electrons. The van der Waals surface area contributed by atoms with E-state index in [4.69, 9.17) is 11.6 Å². The lowest BCUT2D eigenvalue weighted by Crippen LogP contribution is -2.31. The van der Waals surface area contributed by atoms with Gasteiger partial charge in [-0.3, -0.25) is 4.79 Å². The summed E-state index contributed by atoms with van der Waals surface area (Å²) in [6, 6.07) is 5.51. The maximum Gasteiger partial charge on any atom is 0.224 e. The van der Waals surface area contributed by atoms with Gasteiger partial charge in [-0.1, -0.05) is 27.5 Å². The number of carbonyl (C=O) groups is 1. The molecule has 0 bridgehead atoms. The topological polar surface area (TPSA) is 32.3 Å². The Morgan fingerprint density at radius 2 is 2.37 bits per heavy atom. The molecule has 1 aromatic rings. The van der Waals surface area contributed by atoms with Gasteiger partial charge >= 0.3 is 0 Å². The first kappa shape index (κ1) is 14.8. The zero-order valence-corrected chi connectivity index (χ0v) is 13.3. The van der Waals surface area contributed by atoms with Gasteiger partial charge in [0, 0.05) is 22.6 Å². The zero-order valence-electron chi connectivity index (χ0n) is 11.0. The lowest BCUT2D eigenvalue weighted by molar-refractivity contribution is -0.120. The fourth-order valence-electron chi connectivity index (χ4n) is 2.37. The van der Waals surface area contributed by atoms with Gasteiger partial charge in [0.25, 0.3) is 0 Å². The lowest BCUT2D eigenvalue weighted by atomic mass is 10.1. The predicted molar refractivity (Wildman–Crippen MR) is 81.5 cm³/mol. The third-order valence-electron chi connectivity index (χ3n) is 3.44. The highest BCUT2D eigenvalue weighted by Crippen LogP contribution is 2.21. The van der Waals surface area contributed by atoms with Gasteiger partial charge in [0.2, 0.25) is 5.91 Å². The van der Waals surface area contributed by atoms with E-state index in [1.165, 1.54) is 0 Å². The molecule has 1 saturated heterocycles. The van der Waals surface area contributed by atoms with Crippen LogP contribution in [-0.4, -0.2) is 37.5 Å². The quantitative estimate of drug-likeness (QED) is 0.910. The molecule has 5 heteroatoms. The minimum absolute atomic E-state index is 0.0533. The third kappa shape index (κ3) is 4.48. The summed E-state index contributed by atoms with van der Waals surface area (Å²) < 4.78 is 0.924. The van der Waals surface area contributed by atoms with Crippen LogP contribution in [0.5, 0.6) is 0 Å². The molecule has 1 fully saturated rings. The van der Waals surface area contributed by atoms with Crippen molar-refractivity contribution in [2.45, 2.75) is 12.8 Å². The summed E-state index contributed by atoms with van der Waals surface area (Å²) >= 11 is 9.38. The zero-order chi connectivity index (χ0) is 13.8. The van der Waals surface area contributed by atoms with Crippen LogP contribution in [0, 0.1) is 5.92 Å². The van der Waals surface area contributed by atoms with Crippen LogP contribution in [0.3, 0.4) is 0 Å². The number of hydrogen-bond donors (Lipinski definition) is 1. The highest BCUT2D eigenvalue weighted by molar-refractivity contribution is 9.10. The van der Waals surface area contributed by atoms with Gasteiger partial charge in [0.1, 0.15) is 0 Å². The number of nitrogens with one attached hydrogen (secondary N) is 1. The predicted octanol–water partition coefficient (Wildman–Crippen LogP) is 2.71. The first-order valence-corrected chi connectivity index (χ1v) is 7.61. The van der Waals surface area contributed by atoms with E-state index in [-0.39, 0.29) is 5.91 Å². The van der Waals surface area contributed by atoms with Crippen molar-refractivity contribution in [2.24, 2.45) is 5.92 Å². The molecule has 1 N–H and O–H groups in total. The van der Waals surface area contributed by atoms with E-state index in [0.717, 1.165) is 36.1 Å². The molecule has 0 aliphatic carbocycles. The van der Waals surface area contributed by atoms with Gasteiger partial charge in [-0.15, -0.1) is 0 Å². The summed E-state index contributed by atoms with van der Waals surface area (Å²) in [5, 5.41) is 3.67. The molecule has 0 radical (unpaired) electrons. The molecule has 19 heavy (non-hydrogen) atoms. The molecular weight excluding hydrogens is 328 g/mol. The van der Waals surface area contributed by atoms with Crippen molar-refractivity contribution in [1.29, 1.82) is 0 Å². The van der Waals surface area contributed by atoms with E-state index in [1.54, 1.807) is 6.07 Å². The van der Waals surface area contributed by atoms with Gasteiger partial charge in [-0.2, -0.15) is 0 Å². The van der Waals surface area contributed by atoms with E-state index < -0.39 is 0 Å². The van der Waals surface area contributed by atoms with Crippen LogP contribution in [-0.2, 0) is 11.2 Å². The van der Waals surface area contributed by atoms with Crippen LogP contribution in [0.4, 0.5) is 0 Å². The maximum absolute atomic E-state index is 11.9. The van der Waals surface area contributed by atoms with Gasteiger partial charge in [0.05, 0.1) is 6.42 Å². The Bertz CT molecular complexity index is 467. The largest absolute Gasteiger partial charge is 0.355 e. The Morgan fingerprint density at radius 3 is 3.05 bits per heavy atom. The van der Waals surface area contributed by atoms with Gasteiger partial charge in [-0.25, -0.2) is 0 Å². The van der Waals surface area contributed by atoms with Crippen molar-refractivity contribution in [3.63, 3.8) is 0 Å². The SMILES string of the molecule is CN1CC[C@@H](CNC(=O)Cc2cc(Cl)ccc2Br)C1. The molecule has 0 unspecified atom stereocenters. The summed E-state index contributed by atoms with van der Waals surface area (Å²) in [5.41, 5.74) is 0.925. The smallest absolute Gasteiger partial charge is 0.224 e. The molecule has 1 atom stereocenters. The van der Waals surface area contributed by atoms with Gasteiger partial charge in [-0.05, 0) is 49.7 Å². The number of hydrogen-bond acceptors (Lipinski definition) is 2. The van der Waals surface area contributed by atoms with Crippen molar-refractivity contribution in [1.82, 2.24) is 10.2 Å². The second-order valence-electron chi connectivity index (χ2n) is 5.13. The normalized spacial score (nSPS) is 19.6. The summed E-state index contributed by atoms with van der Waals surface area (Å²) in [4.78, 5) is 14.2. The van der Waals surface area contributed by atoms with Gasteiger partial charge < -0.3 is 10.2 Å². The number of amides is 1. The Morgan fingerprint density at radius 1 is 1.58 bits per heavy atom. The van der Waals surface area contributed by atoms with Crippen LogP contribution in [0.1, 0.15) is 12.0 Å². The van der Waals surface area contributed by atoms with Crippen LogP contribution < -0.4 is 5.32 Å². The Kier molecular flexibility index (Phi) is 5.25.